The number of hydrogen-bond acceptors (Lipinski definition) is 6. The van der Waals surface area contributed by atoms with E-state index < -0.39 is 5.91 Å². The minimum atomic E-state index is -0.500. The fourth-order valence-electron chi connectivity index (χ4n) is 1.66. The zero-order chi connectivity index (χ0) is 15.2. The van der Waals surface area contributed by atoms with Crippen molar-refractivity contribution in [3.63, 3.8) is 0 Å². The average Bonchev–Trinajstić information content (AvgIpc) is 2.97. The summed E-state index contributed by atoms with van der Waals surface area (Å²) < 4.78 is 7.09. The monoisotopic (exact) mass is 286 g/mol. The van der Waals surface area contributed by atoms with Crippen LogP contribution in [0.4, 0.5) is 0 Å². The molecular formula is C13H14N6O2. The number of ether oxygens (including phenoxy) is 1. The summed E-state index contributed by atoms with van der Waals surface area (Å²) in [5, 5.41) is 16.3. The van der Waals surface area contributed by atoms with Gasteiger partial charge in [-0.15, -0.1) is 5.10 Å². The second-order valence-electron chi connectivity index (χ2n) is 4.28. The molecule has 2 rings (SSSR count). The average molecular weight is 286 g/mol. The third kappa shape index (κ3) is 3.55. The highest BCUT2D eigenvalue weighted by Gasteiger charge is 2.09. The van der Waals surface area contributed by atoms with Crippen molar-refractivity contribution in [2.75, 3.05) is 6.61 Å². The van der Waals surface area contributed by atoms with Crippen molar-refractivity contribution >= 4 is 5.91 Å². The van der Waals surface area contributed by atoms with Gasteiger partial charge in [-0.2, -0.15) is 5.26 Å². The number of carbonyl (C=O) groups is 1. The summed E-state index contributed by atoms with van der Waals surface area (Å²) in [7, 11) is 0. The molecule has 0 radical (unpaired) electrons. The molecule has 2 aromatic rings. The number of nitrogens with zero attached hydrogens (tertiary/aromatic N) is 4. The van der Waals surface area contributed by atoms with Crippen molar-refractivity contribution in [1.82, 2.24) is 20.4 Å². The lowest BCUT2D eigenvalue weighted by Gasteiger charge is -2.09. The zero-order valence-corrected chi connectivity index (χ0v) is 11.4. The van der Waals surface area contributed by atoms with Gasteiger partial charge in [0.1, 0.15) is 12.4 Å². The molecule has 0 aliphatic heterocycles. The summed E-state index contributed by atoms with van der Waals surface area (Å²) in [4.78, 5) is 11.2. The molecule has 8 heteroatoms. The number of aryl methyl sites for hydroxylation is 1. The molecular weight excluding hydrogens is 272 g/mol. The molecule has 0 bridgehead atoms. The summed E-state index contributed by atoms with van der Waals surface area (Å²) in [6.45, 7) is 2.65. The second-order valence-corrected chi connectivity index (χ2v) is 4.28. The lowest BCUT2D eigenvalue weighted by atomic mass is 10.1. The van der Waals surface area contributed by atoms with Crippen molar-refractivity contribution in [1.29, 1.82) is 5.26 Å². The van der Waals surface area contributed by atoms with E-state index in [1.54, 1.807) is 12.1 Å². The van der Waals surface area contributed by atoms with Gasteiger partial charge in [0, 0.05) is 0 Å². The molecule has 1 aromatic heterocycles. The van der Waals surface area contributed by atoms with Gasteiger partial charge in [-0.25, -0.2) is 10.5 Å². The van der Waals surface area contributed by atoms with E-state index in [-0.39, 0.29) is 5.69 Å². The van der Waals surface area contributed by atoms with E-state index in [0.717, 1.165) is 5.56 Å². The highest BCUT2D eigenvalue weighted by molar-refractivity contribution is 5.91. The number of aromatic nitrogens is 3. The number of benzene rings is 1. The van der Waals surface area contributed by atoms with E-state index in [9.17, 15) is 4.79 Å². The number of nitrogens with one attached hydrogen (secondary N) is 1. The molecule has 1 aromatic carbocycles. The Bertz CT molecular complexity index is 688. The Morgan fingerprint density at radius 2 is 2.38 bits per heavy atom. The van der Waals surface area contributed by atoms with Crippen LogP contribution < -0.4 is 16.0 Å². The number of amides is 1. The highest BCUT2D eigenvalue weighted by Crippen LogP contribution is 2.19. The van der Waals surface area contributed by atoms with Gasteiger partial charge in [0.05, 0.1) is 24.4 Å². The van der Waals surface area contributed by atoms with E-state index in [1.807, 2.05) is 18.4 Å². The third-order valence-corrected chi connectivity index (χ3v) is 2.80. The van der Waals surface area contributed by atoms with E-state index in [0.29, 0.717) is 24.5 Å². The number of rotatable bonds is 5. The van der Waals surface area contributed by atoms with Crippen LogP contribution >= 0.6 is 0 Å². The smallest absolute Gasteiger partial charge is 0.287 e. The summed E-state index contributed by atoms with van der Waals surface area (Å²) in [6, 6.07) is 7.31. The van der Waals surface area contributed by atoms with Crippen LogP contribution in [0.1, 0.15) is 21.6 Å². The SMILES string of the molecule is Cc1ccc(C#N)cc1OCCn1cc(C(=O)NN)nn1. The topological polar surface area (TPSA) is 119 Å². The summed E-state index contributed by atoms with van der Waals surface area (Å²) in [5.41, 5.74) is 3.60. The molecule has 0 saturated carbocycles. The van der Waals surface area contributed by atoms with Gasteiger partial charge in [-0.3, -0.25) is 10.2 Å². The Morgan fingerprint density at radius 1 is 1.57 bits per heavy atom. The molecule has 3 N–H and O–H groups in total. The molecule has 21 heavy (non-hydrogen) atoms. The minimum Gasteiger partial charge on any atom is -0.491 e. The molecule has 0 aliphatic rings. The fraction of sp³-hybridized carbons (Fsp3) is 0.231. The minimum absolute atomic E-state index is 0.139. The van der Waals surface area contributed by atoms with Crippen molar-refractivity contribution in [3.05, 3.63) is 41.2 Å². The Labute approximate surface area is 121 Å². The van der Waals surface area contributed by atoms with Crippen LogP contribution in [0.25, 0.3) is 0 Å². The Balaban J connectivity index is 1.94. The van der Waals surface area contributed by atoms with Crippen molar-refractivity contribution in [2.24, 2.45) is 5.84 Å². The molecule has 1 heterocycles. The first-order valence-electron chi connectivity index (χ1n) is 6.18. The standard InChI is InChI=1S/C13H14N6O2/c1-9-2-3-10(7-14)6-12(9)21-5-4-19-8-11(17-18-19)13(20)16-15/h2-3,6,8H,4-5,15H2,1H3,(H,16,20). The third-order valence-electron chi connectivity index (χ3n) is 2.80. The van der Waals surface area contributed by atoms with Gasteiger partial charge < -0.3 is 4.74 Å². The van der Waals surface area contributed by atoms with Gasteiger partial charge in [0.15, 0.2) is 5.69 Å². The number of carbonyl (C=O) groups excluding carboxylic acids is 1. The van der Waals surface area contributed by atoms with Crippen LogP contribution in [0.2, 0.25) is 0 Å². The van der Waals surface area contributed by atoms with Gasteiger partial charge >= 0.3 is 0 Å². The quantitative estimate of drug-likeness (QED) is 0.458. The van der Waals surface area contributed by atoms with Crippen molar-refractivity contribution in [2.45, 2.75) is 13.5 Å². The number of hydrogen-bond donors (Lipinski definition) is 2. The second kappa shape index (κ2) is 6.49. The predicted octanol–water partition coefficient (Wildman–Crippen LogP) is 0.141. The molecule has 0 unspecified atom stereocenters. The van der Waals surface area contributed by atoms with E-state index in [1.165, 1.54) is 10.9 Å². The normalized spacial score (nSPS) is 9.95. The molecule has 0 spiro atoms. The number of nitrogen functional groups attached to an aromatic ring is 1. The molecule has 8 nitrogen and oxygen atoms in total. The van der Waals surface area contributed by atoms with Gasteiger partial charge in [0.2, 0.25) is 0 Å². The Hall–Kier alpha value is -2.92. The van der Waals surface area contributed by atoms with Crippen LogP contribution in [-0.4, -0.2) is 27.5 Å². The van der Waals surface area contributed by atoms with Gasteiger partial charge in [-0.05, 0) is 24.6 Å². The maximum atomic E-state index is 11.2. The maximum absolute atomic E-state index is 11.2. The Kier molecular flexibility index (Phi) is 4.48. The van der Waals surface area contributed by atoms with Crippen molar-refractivity contribution < 1.29 is 9.53 Å². The maximum Gasteiger partial charge on any atom is 0.287 e. The highest BCUT2D eigenvalue weighted by atomic mass is 16.5. The molecule has 0 aliphatic carbocycles. The summed E-state index contributed by atoms with van der Waals surface area (Å²) in [5.74, 6) is 5.15. The number of nitriles is 1. The van der Waals surface area contributed by atoms with Crippen LogP contribution in [0.15, 0.2) is 24.4 Å². The first kappa shape index (κ1) is 14.5. The van der Waals surface area contributed by atoms with E-state index >= 15 is 0 Å². The Morgan fingerprint density at radius 3 is 3.10 bits per heavy atom. The number of nitrogens with two attached hydrogens (primary N) is 1. The molecule has 1 amide bonds. The van der Waals surface area contributed by atoms with E-state index in [2.05, 4.69) is 16.4 Å². The fourth-order valence-corrected chi connectivity index (χ4v) is 1.66. The van der Waals surface area contributed by atoms with Crippen LogP contribution in [-0.2, 0) is 6.54 Å². The molecule has 0 fully saturated rings. The zero-order valence-electron chi connectivity index (χ0n) is 11.4. The predicted molar refractivity (Wildman–Crippen MR) is 73.1 cm³/mol. The molecule has 0 atom stereocenters. The molecule has 0 saturated heterocycles. The van der Waals surface area contributed by atoms with Gasteiger partial charge in [-0.1, -0.05) is 11.3 Å². The summed E-state index contributed by atoms with van der Waals surface area (Å²) in [6.07, 6.45) is 1.48. The first-order chi connectivity index (χ1) is 10.1. The lowest BCUT2D eigenvalue weighted by molar-refractivity contribution is 0.0948. The number of hydrazine groups is 1. The molecule has 108 valence electrons. The van der Waals surface area contributed by atoms with Gasteiger partial charge in [0.25, 0.3) is 5.91 Å². The van der Waals surface area contributed by atoms with Crippen LogP contribution in [0.3, 0.4) is 0 Å². The van der Waals surface area contributed by atoms with Crippen LogP contribution in [0, 0.1) is 18.3 Å². The van der Waals surface area contributed by atoms with Crippen molar-refractivity contribution in [3.8, 4) is 11.8 Å². The summed E-state index contributed by atoms with van der Waals surface area (Å²) >= 11 is 0. The first-order valence-corrected chi connectivity index (χ1v) is 6.18. The largest absolute Gasteiger partial charge is 0.491 e. The van der Waals surface area contributed by atoms with Crippen LogP contribution in [0.5, 0.6) is 5.75 Å². The lowest BCUT2D eigenvalue weighted by Crippen LogP contribution is -2.30. The van der Waals surface area contributed by atoms with E-state index in [4.69, 9.17) is 15.8 Å².